The fraction of sp³-hybridized carbons (Fsp3) is 0.125. The highest BCUT2D eigenvalue weighted by molar-refractivity contribution is 6.25. The summed E-state index contributed by atoms with van der Waals surface area (Å²) in [5.74, 6) is -2.51. The lowest BCUT2D eigenvalue weighted by molar-refractivity contribution is -0.137. The fourth-order valence-electron chi connectivity index (χ4n) is 2.90. The SMILES string of the molecule is O=C1c2cnc3[nH]ncc3c2C(=O)N1Cc1cc(F)cc(C(F)(F)F)c1. The van der Waals surface area contributed by atoms with Crippen LogP contribution in [0.2, 0.25) is 0 Å². The predicted molar refractivity (Wildman–Crippen MR) is 79.5 cm³/mol. The van der Waals surface area contributed by atoms with Crippen molar-refractivity contribution in [2.24, 2.45) is 0 Å². The Balaban J connectivity index is 1.73. The van der Waals surface area contributed by atoms with E-state index < -0.39 is 35.9 Å². The van der Waals surface area contributed by atoms with E-state index in [9.17, 15) is 27.2 Å². The standard InChI is InChI=1S/C16H8F4N4O2/c17-9-2-7(1-8(3-9)16(18,19)20)6-24-14(25)11-4-21-13-10(5-22-23-13)12(11)15(24)26/h1-5H,6H2,(H,21,22,23). The summed E-state index contributed by atoms with van der Waals surface area (Å²) in [6.07, 6.45) is -2.21. The Morgan fingerprint density at radius 2 is 1.85 bits per heavy atom. The molecule has 0 bridgehead atoms. The predicted octanol–water partition coefficient (Wildman–Crippen LogP) is 2.91. The van der Waals surface area contributed by atoms with E-state index in [1.165, 1.54) is 12.4 Å². The van der Waals surface area contributed by atoms with Crippen molar-refractivity contribution in [3.8, 4) is 0 Å². The molecule has 0 unspecified atom stereocenters. The van der Waals surface area contributed by atoms with Crippen LogP contribution in [0.15, 0.2) is 30.6 Å². The Labute approximate surface area is 142 Å². The molecular formula is C16H8F4N4O2. The lowest BCUT2D eigenvalue weighted by Crippen LogP contribution is -2.29. The third kappa shape index (κ3) is 2.41. The Hall–Kier alpha value is -3.30. The number of hydrogen-bond acceptors (Lipinski definition) is 4. The van der Waals surface area contributed by atoms with Crippen LogP contribution in [0.25, 0.3) is 11.0 Å². The summed E-state index contributed by atoms with van der Waals surface area (Å²) in [6.45, 7) is -0.494. The number of rotatable bonds is 2. The average molecular weight is 364 g/mol. The van der Waals surface area contributed by atoms with Crippen LogP contribution in [0.5, 0.6) is 0 Å². The molecule has 0 spiro atoms. The topological polar surface area (TPSA) is 79.0 Å². The van der Waals surface area contributed by atoms with Crippen molar-refractivity contribution in [2.45, 2.75) is 12.7 Å². The van der Waals surface area contributed by atoms with Crippen LogP contribution in [0.3, 0.4) is 0 Å². The number of pyridine rings is 1. The lowest BCUT2D eigenvalue weighted by atomic mass is 10.1. The van der Waals surface area contributed by atoms with Crippen LogP contribution in [-0.4, -0.2) is 31.9 Å². The van der Waals surface area contributed by atoms with Crippen molar-refractivity contribution >= 4 is 22.8 Å². The summed E-state index contributed by atoms with van der Waals surface area (Å²) >= 11 is 0. The van der Waals surface area contributed by atoms with Gasteiger partial charge in [0.1, 0.15) is 5.82 Å². The summed E-state index contributed by atoms with van der Waals surface area (Å²) in [5, 5.41) is 6.65. The molecule has 0 atom stereocenters. The zero-order valence-electron chi connectivity index (χ0n) is 12.8. The van der Waals surface area contributed by atoms with E-state index in [2.05, 4.69) is 15.2 Å². The number of carbonyl (C=O) groups is 2. The second-order valence-corrected chi connectivity index (χ2v) is 5.72. The highest BCUT2D eigenvalue weighted by Crippen LogP contribution is 2.32. The molecule has 132 valence electrons. The van der Waals surface area contributed by atoms with E-state index >= 15 is 0 Å². The maximum Gasteiger partial charge on any atom is 0.416 e. The summed E-state index contributed by atoms with van der Waals surface area (Å²) in [7, 11) is 0. The number of imide groups is 1. The lowest BCUT2D eigenvalue weighted by Gasteiger charge is -2.15. The number of carbonyl (C=O) groups excluding carboxylic acids is 2. The van der Waals surface area contributed by atoms with Gasteiger partial charge in [0.2, 0.25) is 0 Å². The third-order valence-corrected chi connectivity index (χ3v) is 4.04. The van der Waals surface area contributed by atoms with Crippen molar-refractivity contribution in [3.63, 3.8) is 0 Å². The van der Waals surface area contributed by atoms with Crippen molar-refractivity contribution in [1.29, 1.82) is 0 Å². The first-order valence-electron chi connectivity index (χ1n) is 7.30. The van der Waals surface area contributed by atoms with Crippen LogP contribution >= 0.6 is 0 Å². The minimum Gasteiger partial charge on any atom is -0.270 e. The fourth-order valence-corrected chi connectivity index (χ4v) is 2.90. The summed E-state index contributed by atoms with van der Waals surface area (Å²) in [4.78, 5) is 29.8. The molecule has 1 aliphatic rings. The maximum atomic E-state index is 13.5. The van der Waals surface area contributed by atoms with Gasteiger partial charge in [-0.2, -0.15) is 18.3 Å². The molecule has 1 aromatic carbocycles. The molecule has 26 heavy (non-hydrogen) atoms. The number of nitrogens with zero attached hydrogens (tertiary/aromatic N) is 3. The van der Waals surface area contributed by atoms with Gasteiger partial charge in [0.25, 0.3) is 11.8 Å². The van der Waals surface area contributed by atoms with E-state index in [0.717, 1.165) is 11.0 Å². The number of hydrogen-bond donors (Lipinski definition) is 1. The second-order valence-electron chi connectivity index (χ2n) is 5.72. The van der Waals surface area contributed by atoms with Gasteiger partial charge < -0.3 is 0 Å². The maximum absolute atomic E-state index is 13.5. The molecule has 1 aliphatic heterocycles. The first-order valence-corrected chi connectivity index (χ1v) is 7.30. The van der Waals surface area contributed by atoms with Gasteiger partial charge in [0.05, 0.1) is 34.8 Å². The Bertz CT molecular complexity index is 1070. The highest BCUT2D eigenvalue weighted by Gasteiger charge is 2.38. The smallest absolute Gasteiger partial charge is 0.270 e. The molecule has 1 N–H and O–H groups in total. The number of fused-ring (bicyclic) bond motifs is 3. The quantitative estimate of drug-likeness (QED) is 0.560. The normalized spacial score (nSPS) is 14.4. The van der Waals surface area contributed by atoms with Crippen molar-refractivity contribution < 1.29 is 27.2 Å². The number of H-pyrrole nitrogens is 1. The monoisotopic (exact) mass is 364 g/mol. The van der Waals surface area contributed by atoms with Gasteiger partial charge in [-0.25, -0.2) is 9.37 Å². The molecule has 3 heterocycles. The number of halogens is 4. The minimum atomic E-state index is -4.74. The molecule has 6 nitrogen and oxygen atoms in total. The van der Waals surface area contributed by atoms with E-state index in [1.54, 1.807) is 0 Å². The molecule has 0 saturated heterocycles. The largest absolute Gasteiger partial charge is 0.416 e. The second kappa shape index (κ2) is 5.35. The van der Waals surface area contributed by atoms with Gasteiger partial charge in [-0.3, -0.25) is 19.6 Å². The van der Waals surface area contributed by atoms with Crippen LogP contribution < -0.4 is 0 Å². The number of nitrogens with one attached hydrogen (secondary N) is 1. The van der Waals surface area contributed by atoms with E-state index in [0.29, 0.717) is 23.2 Å². The van der Waals surface area contributed by atoms with Crippen LogP contribution in [0.4, 0.5) is 17.6 Å². The highest BCUT2D eigenvalue weighted by atomic mass is 19.4. The van der Waals surface area contributed by atoms with E-state index in [4.69, 9.17) is 0 Å². The van der Waals surface area contributed by atoms with Gasteiger partial charge in [0, 0.05) is 6.20 Å². The number of amides is 2. The average Bonchev–Trinajstić information content (AvgIpc) is 3.12. The summed E-state index contributed by atoms with van der Waals surface area (Å²) < 4.78 is 52.1. The minimum absolute atomic E-state index is 0.0244. The zero-order chi connectivity index (χ0) is 18.6. The Kier molecular flexibility index (Phi) is 3.33. The van der Waals surface area contributed by atoms with Crippen molar-refractivity contribution in [2.75, 3.05) is 0 Å². The molecule has 0 fully saturated rings. The molecule has 4 rings (SSSR count). The van der Waals surface area contributed by atoms with Gasteiger partial charge in [-0.05, 0) is 23.8 Å². The number of benzene rings is 1. The van der Waals surface area contributed by atoms with Crippen LogP contribution in [-0.2, 0) is 12.7 Å². The van der Waals surface area contributed by atoms with Crippen LogP contribution in [0, 0.1) is 5.82 Å². The number of aromatic nitrogens is 3. The van der Waals surface area contributed by atoms with E-state index in [1.807, 2.05) is 0 Å². The molecule has 0 radical (unpaired) electrons. The van der Waals surface area contributed by atoms with Crippen molar-refractivity contribution in [1.82, 2.24) is 20.1 Å². The summed E-state index contributed by atoms with van der Waals surface area (Å²) in [5.41, 5.74) is -0.944. The van der Waals surface area contributed by atoms with Gasteiger partial charge in [0.15, 0.2) is 5.65 Å². The van der Waals surface area contributed by atoms with Gasteiger partial charge in [-0.15, -0.1) is 0 Å². The number of alkyl halides is 3. The Morgan fingerprint density at radius 3 is 2.58 bits per heavy atom. The first kappa shape index (κ1) is 16.2. The van der Waals surface area contributed by atoms with Gasteiger partial charge >= 0.3 is 6.18 Å². The molecule has 10 heteroatoms. The van der Waals surface area contributed by atoms with E-state index in [-0.39, 0.29) is 16.7 Å². The number of aromatic amines is 1. The third-order valence-electron chi connectivity index (χ3n) is 4.04. The Morgan fingerprint density at radius 1 is 1.08 bits per heavy atom. The van der Waals surface area contributed by atoms with Crippen LogP contribution in [0.1, 0.15) is 31.8 Å². The molecule has 0 aliphatic carbocycles. The first-order chi connectivity index (χ1) is 12.3. The molecule has 2 aromatic heterocycles. The molecular weight excluding hydrogens is 356 g/mol. The van der Waals surface area contributed by atoms with Gasteiger partial charge in [-0.1, -0.05) is 0 Å². The molecule has 0 saturated carbocycles. The zero-order valence-corrected chi connectivity index (χ0v) is 12.8. The molecule has 3 aromatic rings. The molecule has 2 amide bonds. The van der Waals surface area contributed by atoms with Crippen molar-refractivity contribution in [3.05, 3.63) is 58.7 Å². The summed E-state index contributed by atoms with van der Waals surface area (Å²) in [6, 6.07) is 1.91.